The van der Waals surface area contributed by atoms with Crippen LogP contribution in [0.4, 0.5) is 5.95 Å². The molecule has 0 bridgehead atoms. The smallest absolute Gasteiger partial charge is 0.236 e. The van der Waals surface area contributed by atoms with Crippen LogP contribution in [0.3, 0.4) is 0 Å². The van der Waals surface area contributed by atoms with E-state index in [1.165, 1.54) is 0 Å². The Bertz CT molecular complexity index is 1320. The van der Waals surface area contributed by atoms with Gasteiger partial charge in [-0.2, -0.15) is 5.10 Å². The maximum Gasteiger partial charge on any atom is 0.236 e. The minimum Gasteiger partial charge on any atom is -0.346 e. The number of rotatable bonds is 7. The third kappa shape index (κ3) is 4.63. The maximum absolute atomic E-state index is 11.3. The summed E-state index contributed by atoms with van der Waals surface area (Å²) in [7, 11) is -3.37. The van der Waals surface area contributed by atoms with E-state index >= 15 is 0 Å². The number of aromatic amines is 2. The number of nitrogens with zero attached hydrogens (tertiary/aromatic N) is 6. The monoisotopic (exact) mass is 473 g/mol. The molecule has 0 unspecified atom stereocenters. The first-order chi connectivity index (χ1) is 15.4. The summed E-state index contributed by atoms with van der Waals surface area (Å²) in [4.78, 5) is 14.7. The molecule has 1 fully saturated rings. The highest BCUT2D eigenvalue weighted by Gasteiger charge is 2.24. The second-order valence-electron chi connectivity index (χ2n) is 8.01. The summed E-state index contributed by atoms with van der Waals surface area (Å²) in [6.45, 7) is 0. The number of fused-ring (bicyclic) bond motifs is 1. The van der Waals surface area contributed by atoms with Gasteiger partial charge in [-0.3, -0.25) is 9.40 Å². The van der Waals surface area contributed by atoms with Crippen molar-refractivity contribution in [1.82, 2.24) is 39.9 Å². The Hall–Kier alpha value is -2.93. The number of hydrogen-bond acceptors (Lipinski definition) is 8. The van der Waals surface area contributed by atoms with E-state index in [4.69, 9.17) is 0 Å². The van der Waals surface area contributed by atoms with Crippen molar-refractivity contribution in [2.45, 2.75) is 36.9 Å². The van der Waals surface area contributed by atoms with Crippen LogP contribution in [0, 0.1) is 5.92 Å². The molecule has 4 heterocycles. The van der Waals surface area contributed by atoms with Crippen molar-refractivity contribution >= 4 is 38.8 Å². The number of thioether (sulfide) groups is 1. The fourth-order valence-corrected chi connectivity index (χ4v) is 5.51. The predicted molar refractivity (Wildman–Crippen MR) is 122 cm³/mol. The first-order valence-corrected chi connectivity index (χ1v) is 13.2. The van der Waals surface area contributed by atoms with E-state index in [1.54, 1.807) is 18.1 Å². The van der Waals surface area contributed by atoms with E-state index in [-0.39, 0.29) is 5.95 Å². The van der Waals surface area contributed by atoms with Gasteiger partial charge in [-0.15, -0.1) is 10.2 Å². The molecule has 32 heavy (non-hydrogen) atoms. The summed E-state index contributed by atoms with van der Waals surface area (Å²) in [6, 6.07) is 2.36. The minimum atomic E-state index is -3.37. The molecular formula is C19H23N9O2S2. The van der Waals surface area contributed by atoms with Gasteiger partial charge in [0.1, 0.15) is 12.0 Å². The van der Waals surface area contributed by atoms with Crippen LogP contribution >= 0.6 is 11.8 Å². The molecule has 168 valence electrons. The third-order valence-electron chi connectivity index (χ3n) is 5.62. The fraction of sp³-hybridized carbons (Fsp3) is 0.421. The SMILES string of the molecule is CS(=O)(=O)Nc1nnc(SC[C@H]2CC[C@@H](n3cc(-c4ncnc5[nH]ccc45)cn3)CC2)[nH]1. The van der Waals surface area contributed by atoms with Crippen molar-refractivity contribution < 1.29 is 8.42 Å². The zero-order chi connectivity index (χ0) is 22.1. The molecule has 1 saturated carbocycles. The van der Waals surface area contributed by atoms with Gasteiger partial charge in [0.25, 0.3) is 0 Å². The number of H-pyrrole nitrogens is 2. The van der Waals surface area contributed by atoms with Crippen LogP contribution in [0.25, 0.3) is 22.3 Å². The first kappa shape index (κ1) is 20.9. The van der Waals surface area contributed by atoms with E-state index in [9.17, 15) is 8.42 Å². The Balaban J connectivity index is 1.16. The van der Waals surface area contributed by atoms with Gasteiger partial charge in [-0.05, 0) is 37.7 Å². The predicted octanol–water partition coefficient (Wildman–Crippen LogP) is 2.83. The third-order valence-corrected chi connectivity index (χ3v) is 7.28. The molecule has 0 atom stereocenters. The summed E-state index contributed by atoms with van der Waals surface area (Å²) < 4.78 is 26.9. The lowest BCUT2D eigenvalue weighted by molar-refractivity contribution is 0.277. The first-order valence-electron chi connectivity index (χ1n) is 10.3. The molecule has 1 aliphatic rings. The quantitative estimate of drug-likeness (QED) is 0.347. The summed E-state index contributed by atoms with van der Waals surface area (Å²) >= 11 is 1.57. The Morgan fingerprint density at radius 3 is 2.88 bits per heavy atom. The average molecular weight is 474 g/mol. The van der Waals surface area contributed by atoms with Crippen molar-refractivity contribution in [1.29, 1.82) is 0 Å². The van der Waals surface area contributed by atoms with Gasteiger partial charge in [0.05, 0.1) is 24.2 Å². The molecule has 0 aromatic carbocycles. The van der Waals surface area contributed by atoms with E-state index < -0.39 is 10.0 Å². The lowest BCUT2D eigenvalue weighted by Gasteiger charge is -2.28. The molecule has 3 N–H and O–H groups in total. The Morgan fingerprint density at radius 2 is 2.06 bits per heavy atom. The second-order valence-corrected chi connectivity index (χ2v) is 10.8. The van der Waals surface area contributed by atoms with Gasteiger partial charge in [-0.25, -0.2) is 18.4 Å². The molecule has 13 heteroatoms. The highest BCUT2D eigenvalue weighted by atomic mass is 32.2. The van der Waals surface area contributed by atoms with E-state index in [1.807, 2.05) is 18.5 Å². The maximum atomic E-state index is 11.3. The largest absolute Gasteiger partial charge is 0.346 e. The number of sulfonamides is 1. The van der Waals surface area contributed by atoms with Crippen molar-refractivity contribution in [3.63, 3.8) is 0 Å². The molecule has 4 aromatic rings. The average Bonchev–Trinajstić information content (AvgIpc) is 3.52. The van der Waals surface area contributed by atoms with Gasteiger partial charge in [0.15, 0.2) is 5.16 Å². The molecule has 0 aliphatic heterocycles. The molecule has 0 radical (unpaired) electrons. The number of aromatic nitrogens is 8. The lowest BCUT2D eigenvalue weighted by Crippen LogP contribution is -2.19. The number of anilines is 1. The highest BCUT2D eigenvalue weighted by Crippen LogP contribution is 2.35. The molecule has 11 nitrogen and oxygen atoms in total. The van der Waals surface area contributed by atoms with Crippen LogP contribution < -0.4 is 4.72 Å². The molecule has 0 saturated heterocycles. The zero-order valence-corrected chi connectivity index (χ0v) is 19.0. The summed E-state index contributed by atoms with van der Waals surface area (Å²) in [5.41, 5.74) is 2.72. The standard InChI is InChI=1S/C19H23N9O2S2/c1-32(29,30)27-18-24-19(26-25-18)31-10-12-2-4-14(5-3-12)28-9-13(8-23-28)16-15-6-7-20-17(15)22-11-21-16/h6-9,11-12,14H,2-5,10H2,1H3,(H,20,21,22)(H2,24,25,26,27)/t12-,14+. The Labute approximate surface area is 188 Å². The van der Waals surface area contributed by atoms with Crippen LogP contribution in [-0.4, -0.2) is 60.3 Å². The topological polar surface area (TPSA) is 147 Å². The summed E-state index contributed by atoms with van der Waals surface area (Å²) in [6.07, 6.45) is 12.8. The van der Waals surface area contributed by atoms with Gasteiger partial charge in [0.2, 0.25) is 16.0 Å². The van der Waals surface area contributed by atoms with Crippen LogP contribution in [0.15, 0.2) is 36.1 Å². The van der Waals surface area contributed by atoms with Crippen LogP contribution in [0.1, 0.15) is 31.7 Å². The van der Waals surface area contributed by atoms with Gasteiger partial charge in [0, 0.05) is 29.1 Å². The zero-order valence-electron chi connectivity index (χ0n) is 17.4. The van der Waals surface area contributed by atoms with E-state index in [0.29, 0.717) is 17.1 Å². The molecular weight excluding hydrogens is 450 g/mol. The van der Waals surface area contributed by atoms with Crippen molar-refractivity contribution in [2.24, 2.45) is 5.92 Å². The summed E-state index contributed by atoms with van der Waals surface area (Å²) in [5.74, 6) is 1.63. The normalized spacial score (nSPS) is 19.4. The fourth-order valence-electron chi connectivity index (χ4n) is 4.07. The van der Waals surface area contributed by atoms with E-state index in [0.717, 1.165) is 60.0 Å². The van der Waals surface area contributed by atoms with Crippen LogP contribution in [0.2, 0.25) is 0 Å². The molecule has 1 aliphatic carbocycles. The molecule has 4 aromatic heterocycles. The second kappa shape index (κ2) is 8.54. The summed E-state index contributed by atoms with van der Waals surface area (Å²) in [5, 5.41) is 14.1. The molecule has 5 rings (SSSR count). The lowest BCUT2D eigenvalue weighted by atomic mass is 9.87. The number of hydrogen-bond donors (Lipinski definition) is 3. The van der Waals surface area contributed by atoms with Crippen LogP contribution in [-0.2, 0) is 10.0 Å². The highest BCUT2D eigenvalue weighted by molar-refractivity contribution is 7.99. The van der Waals surface area contributed by atoms with E-state index in [2.05, 4.69) is 50.8 Å². The Morgan fingerprint density at radius 1 is 1.22 bits per heavy atom. The van der Waals surface area contributed by atoms with Crippen molar-refractivity contribution in [3.05, 3.63) is 31.0 Å². The Kier molecular flexibility index (Phi) is 5.59. The number of nitrogens with one attached hydrogen (secondary N) is 3. The van der Waals surface area contributed by atoms with Crippen LogP contribution in [0.5, 0.6) is 0 Å². The van der Waals surface area contributed by atoms with Crippen molar-refractivity contribution in [2.75, 3.05) is 16.7 Å². The van der Waals surface area contributed by atoms with Gasteiger partial charge < -0.3 is 9.97 Å². The molecule has 0 spiro atoms. The van der Waals surface area contributed by atoms with Gasteiger partial charge in [-0.1, -0.05) is 11.8 Å². The van der Waals surface area contributed by atoms with Crippen molar-refractivity contribution in [3.8, 4) is 11.3 Å². The van der Waals surface area contributed by atoms with Gasteiger partial charge >= 0.3 is 0 Å². The molecule has 0 amide bonds. The minimum absolute atomic E-state index is 0.147.